The van der Waals surface area contributed by atoms with Crippen molar-refractivity contribution in [3.8, 4) is 0 Å². The third-order valence-electron chi connectivity index (χ3n) is 1.89. The van der Waals surface area contributed by atoms with Gasteiger partial charge in [-0.05, 0) is 18.7 Å². The van der Waals surface area contributed by atoms with Crippen molar-refractivity contribution in [1.82, 2.24) is 10.3 Å². The van der Waals surface area contributed by atoms with E-state index in [1.807, 2.05) is 19.3 Å². The third-order valence-corrected chi connectivity index (χ3v) is 1.89. The van der Waals surface area contributed by atoms with Crippen LogP contribution in [0.3, 0.4) is 0 Å². The lowest BCUT2D eigenvalue weighted by atomic mass is 10.0. The van der Waals surface area contributed by atoms with Crippen LogP contribution in [-0.2, 0) is 0 Å². The number of nitrogens with one attached hydrogen (secondary N) is 1. The quantitative estimate of drug-likeness (QED) is 0.676. The molecule has 1 atom stereocenters. The Balaban J connectivity index is 2.66. The first-order valence-electron chi connectivity index (χ1n) is 4.13. The molecule has 1 unspecified atom stereocenters. The van der Waals surface area contributed by atoms with Gasteiger partial charge in [-0.25, -0.2) is 0 Å². The second-order valence-electron chi connectivity index (χ2n) is 2.78. The van der Waals surface area contributed by atoms with Crippen LogP contribution in [0.25, 0.3) is 0 Å². The molecule has 66 valence electrons. The van der Waals surface area contributed by atoms with Gasteiger partial charge in [0.1, 0.15) is 0 Å². The first kappa shape index (κ1) is 9.16. The number of hydrogen-bond donors (Lipinski definition) is 2. The number of rotatable bonds is 4. The standard InChI is InChI=1S/C9H15N3/c1-11-6-9(5-10)8-3-2-4-12-7-8/h2-4,7,9,11H,5-6,10H2,1H3. The van der Waals surface area contributed by atoms with Crippen LogP contribution in [0.5, 0.6) is 0 Å². The molecule has 1 aromatic heterocycles. The van der Waals surface area contributed by atoms with Crippen LogP contribution >= 0.6 is 0 Å². The first-order chi connectivity index (χ1) is 5.88. The second kappa shape index (κ2) is 4.85. The van der Waals surface area contributed by atoms with Gasteiger partial charge in [-0.3, -0.25) is 4.98 Å². The van der Waals surface area contributed by atoms with E-state index in [9.17, 15) is 0 Å². The van der Waals surface area contributed by atoms with E-state index in [1.54, 1.807) is 6.20 Å². The predicted octanol–water partition coefficient (Wildman–Crippen LogP) is 0.343. The highest BCUT2D eigenvalue weighted by Crippen LogP contribution is 2.10. The molecular weight excluding hydrogens is 150 g/mol. The molecule has 0 amide bonds. The summed E-state index contributed by atoms with van der Waals surface area (Å²) in [6.07, 6.45) is 3.64. The minimum atomic E-state index is 0.378. The van der Waals surface area contributed by atoms with E-state index in [2.05, 4.69) is 16.4 Å². The van der Waals surface area contributed by atoms with E-state index in [4.69, 9.17) is 5.73 Å². The molecule has 0 fully saturated rings. The summed E-state index contributed by atoms with van der Waals surface area (Å²) < 4.78 is 0. The first-order valence-corrected chi connectivity index (χ1v) is 4.13. The number of nitrogens with two attached hydrogens (primary N) is 1. The molecule has 0 saturated heterocycles. The number of nitrogens with zero attached hydrogens (tertiary/aromatic N) is 1. The maximum atomic E-state index is 5.62. The zero-order chi connectivity index (χ0) is 8.81. The van der Waals surface area contributed by atoms with Crippen LogP contribution in [0.2, 0.25) is 0 Å². The Labute approximate surface area is 73.0 Å². The van der Waals surface area contributed by atoms with Gasteiger partial charge in [0.25, 0.3) is 0 Å². The molecular formula is C9H15N3. The highest BCUT2D eigenvalue weighted by molar-refractivity contribution is 5.15. The van der Waals surface area contributed by atoms with Crippen molar-refractivity contribution in [1.29, 1.82) is 0 Å². The van der Waals surface area contributed by atoms with Crippen molar-refractivity contribution in [2.24, 2.45) is 5.73 Å². The fourth-order valence-electron chi connectivity index (χ4n) is 1.20. The summed E-state index contributed by atoms with van der Waals surface area (Å²) in [7, 11) is 1.93. The van der Waals surface area contributed by atoms with Crippen molar-refractivity contribution in [3.63, 3.8) is 0 Å². The minimum Gasteiger partial charge on any atom is -0.330 e. The van der Waals surface area contributed by atoms with Crippen molar-refractivity contribution >= 4 is 0 Å². The van der Waals surface area contributed by atoms with Gasteiger partial charge in [-0.1, -0.05) is 6.07 Å². The van der Waals surface area contributed by atoms with Crippen LogP contribution in [0.4, 0.5) is 0 Å². The summed E-state index contributed by atoms with van der Waals surface area (Å²) in [4.78, 5) is 4.05. The van der Waals surface area contributed by atoms with Crippen LogP contribution in [-0.4, -0.2) is 25.1 Å². The molecule has 12 heavy (non-hydrogen) atoms. The lowest BCUT2D eigenvalue weighted by molar-refractivity contribution is 0.635. The minimum absolute atomic E-state index is 0.378. The van der Waals surface area contributed by atoms with Gasteiger partial charge in [0, 0.05) is 31.4 Å². The Morgan fingerprint density at radius 2 is 2.50 bits per heavy atom. The third kappa shape index (κ3) is 2.29. The van der Waals surface area contributed by atoms with E-state index in [1.165, 1.54) is 5.56 Å². The zero-order valence-electron chi connectivity index (χ0n) is 7.33. The number of pyridine rings is 1. The fraction of sp³-hybridized carbons (Fsp3) is 0.444. The van der Waals surface area contributed by atoms with Crippen molar-refractivity contribution in [3.05, 3.63) is 30.1 Å². The Kier molecular flexibility index (Phi) is 3.70. The summed E-state index contributed by atoms with van der Waals surface area (Å²) in [5, 5.41) is 3.11. The molecule has 0 aliphatic rings. The highest BCUT2D eigenvalue weighted by atomic mass is 14.8. The largest absolute Gasteiger partial charge is 0.330 e. The van der Waals surface area contributed by atoms with E-state index in [-0.39, 0.29) is 0 Å². The zero-order valence-corrected chi connectivity index (χ0v) is 7.33. The van der Waals surface area contributed by atoms with Gasteiger partial charge in [0.05, 0.1) is 0 Å². The van der Waals surface area contributed by atoms with Crippen molar-refractivity contribution in [2.75, 3.05) is 20.1 Å². The monoisotopic (exact) mass is 165 g/mol. The SMILES string of the molecule is CNCC(CN)c1cccnc1. The lowest BCUT2D eigenvalue weighted by Crippen LogP contribution is -2.23. The summed E-state index contributed by atoms with van der Waals surface area (Å²) in [6.45, 7) is 1.56. The second-order valence-corrected chi connectivity index (χ2v) is 2.78. The summed E-state index contributed by atoms with van der Waals surface area (Å²) in [5.41, 5.74) is 6.83. The van der Waals surface area contributed by atoms with Gasteiger partial charge >= 0.3 is 0 Å². The molecule has 1 heterocycles. The topological polar surface area (TPSA) is 50.9 Å². The maximum Gasteiger partial charge on any atom is 0.0303 e. The molecule has 3 nitrogen and oxygen atoms in total. The average molecular weight is 165 g/mol. The predicted molar refractivity (Wildman–Crippen MR) is 50.0 cm³/mol. The Morgan fingerprint density at radius 1 is 1.67 bits per heavy atom. The molecule has 0 spiro atoms. The molecule has 1 aromatic rings. The van der Waals surface area contributed by atoms with E-state index in [0.29, 0.717) is 12.5 Å². The Morgan fingerprint density at radius 3 is 3.00 bits per heavy atom. The maximum absolute atomic E-state index is 5.62. The number of aromatic nitrogens is 1. The Hall–Kier alpha value is -0.930. The van der Waals surface area contributed by atoms with Gasteiger partial charge in [0.2, 0.25) is 0 Å². The van der Waals surface area contributed by atoms with Crippen LogP contribution in [0, 0.1) is 0 Å². The smallest absolute Gasteiger partial charge is 0.0303 e. The molecule has 0 aliphatic carbocycles. The van der Waals surface area contributed by atoms with E-state index in [0.717, 1.165) is 6.54 Å². The van der Waals surface area contributed by atoms with Gasteiger partial charge in [-0.2, -0.15) is 0 Å². The average Bonchev–Trinajstić information content (AvgIpc) is 2.15. The molecule has 3 N–H and O–H groups in total. The molecule has 0 radical (unpaired) electrons. The van der Waals surface area contributed by atoms with Gasteiger partial charge < -0.3 is 11.1 Å². The molecule has 0 saturated carbocycles. The van der Waals surface area contributed by atoms with Crippen LogP contribution < -0.4 is 11.1 Å². The van der Waals surface area contributed by atoms with Gasteiger partial charge in [0.15, 0.2) is 0 Å². The summed E-state index contributed by atoms with van der Waals surface area (Å²) in [5.74, 6) is 0.378. The molecule has 0 bridgehead atoms. The number of likely N-dealkylation sites (N-methyl/N-ethyl adjacent to an activating group) is 1. The number of hydrogen-bond acceptors (Lipinski definition) is 3. The summed E-state index contributed by atoms with van der Waals surface area (Å²) >= 11 is 0. The molecule has 0 aliphatic heterocycles. The molecule has 1 rings (SSSR count). The van der Waals surface area contributed by atoms with Crippen molar-refractivity contribution < 1.29 is 0 Å². The van der Waals surface area contributed by atoms with Crippen LogP contribution in [0.1, 0.15) is 11.5 Å². The Bertz CT molecular complexity index is 210. The molecule has 3 heteroatoms. The van der Waals surface area contributed by atoms with E-state index < -0.39 is 0 Å². The van der Waals surface area contributed by atoms with Crippen molar-refractivity contribution in [2.45, 2.75) is 5.92 Å². The normalized spacial score (nSPS) is 12.8. The highest BCUT2D eigenvalue weighted by Gasteiger charge is 2.07. The molecule has 0 aromatic carbocycles. The fourth-order valence-corrected chi connectivity index (χ4v) is 1.20. The summed E-state index contributed by atoms with van der Waals surface area (Å²) in [6, 6.07) is 4.00. The lowest BCUT2D eigenvalue weighted by Gasteiger charge is -2.13. The van der Waals surface area contributed by atoms with Gasteiger partial charge in [-0.15, -0.1) is 0 Å². The van der Waals surface area contributed by atoms with Crippen LogP contribution in [0.15, 0.2) is 24.5 Å². The van der Waals surface area contributed by atoms with E-state index >= 15 is 0 Å².